The second kappa shape index (κ2) is 4.87. The Balaban J connectivity index is 2.24. The summed E-state index contributed by atoms with van der Waals surface area (Å²) < 4.78 is 11.2. The van der Waals surface area contributed by atoms with Gasteiger partial charge in [-0.3, -0.25) is 0 Å². The van der Waals surface area contributed by atoms with E-state index in [1.165, 1.54) is 0 Å². The number of rotatable bonds is 2. The molecule has 0 aromatic heterocycles. The molecular formula is C16H13NO3. The van der Waals surface area contributed by atoms with Crippen molar-refractivity contribution in [2.75, 3.05) is 7.11 Å². The molecule has 0 saturated carbocycles. The van der Waals surface area contributed by atoms with Crippen LogP contribution >= 0.6 is 0 Å². The molecule has 2 aromatic rings. The van der Waals surface area contributed by atoms with Crippen LogP contribution in [0.3, 0.4) is 0 Å². The van der Waals surface area contributed by atoms with Crippen molar-refractivity contribution in [3.63, 3.8) is 0 Å². The van der Waals surface area contributed by atoms with Gasteiger partial charge in [0.25, 0.3) is 0 Å². The van der Waals surface area contributed by atoms with Gasteiger partial charge in [-0.2, -0.15) is 5.26 Å². The van der Waals surface area contributed by atoms with Gasteiger partial charge in [0.05, 0.1) is 18.7 Å². The highest BCUT2D eigenvalue weighted by atomic mass is 16.5. The molecule has 2 atom stereocenters. The summed E-state index contributed by atoms with van der Waals surface area (Å²) in [6, 6.07) is 14.9. The molecule has 0 amide bonds. The van der Waals surface area contributed by atoms with Crippen LogP contribution in [0.2, 0.25) is 0 Å². The molecule has 100 valence electrons. The Kier molecular flexibility index (Phi) is 3.05. The topological polar surface area (TPSA) is 62.5 Å². The maximum Gasteiger partial charge on any atom is 0.181 e. The monoisotopic (exact) mass is 267 g/mol. The molecule has 0 saturated heterocycles. The normalized spacial score (nSPS) is 17.1. The molecule has 0 bridgehead atoms. The highest BCUT2D eigenvalue weighted by Crippen LogP contribution is 2.47. The largest absolute Gasteiger partial charge is 0.496 e. The van der Waals surface area contributed by atoms with Crippen LogP contribution in [0.15, 0.2) is 42.5 Å². The first-order valence-corrected chi connectivity index (χ1v) is 6.27. The van der Waals surface area contributed by atoms with Crippen LogP contribution < -0.4 is 9.47 Å². The van der Waals surface area contributed by atoms with Gasteiger partial charge in [-0.25, -0.2) is 0 Å². The molecule has 0 radical (unpaired) electrons. The van der Waals surface area contributed by atoms with E-state index in [2.05, 4.69) is 0 Å². The Hall–Kier alpha value is -2.51. The Labute approximate surface area is 116 Å². The van der Waals surface area contributed by atoms with Crippen molar-refractivity contribution < 1.29 is 14.6 Å². The van der Waals surface area contributed by atoms with Crippen LogP contribution in [0.1, 0.15) is 11.7 Å². The Morgan fingerprint density at radius 3 is 2.80 bits per heavy atom. The number of aliphatic hydroxyl groups excluding tert-OH is 1. The summed E-state index contributed by atoms with van der Waals surface area (Å²) in [6.45, 7) is 0. The molecule has 0 spiro atoms. The minimum atomic E-state index is -1.21. The molecule has 1 aliphatic heterocycles. The number of fused-ring (bicyclic) bond motifs is 3. The van der Waals surface area contributed by atoms with E-state index in [0.717, 1.165) is 16.7 Å². The Morgan fingerprint density at radius 2 is 2.05 bits per heavy atom. The summed E-state index contributed by atoms with van der Waals surface area (Å²) in [5.41, 5.74) is 2.57. The minimum Gasteiger partial charge on any atom is -0.496 e. The average molecular weight is 267 g/mol. The van der Waals surface area contributed by atoms with Gasteiger partial charge in [0.15, 0.2) is 12.2 Å². The fraction of sp³-hybridized carbons (Fsp3) is 0.188. The SMILES string of the molecule is COc1cccc2c1-c1ccccc1C(C(O)C#N)O2. The highest BCUT2D eigenvalue weighted by Gasteiger charge is 2.32. The maximum atomic E-state index is 9.86. The van der Waals surface area contributed by atoms with Crippen LogP contribution in [0.4, 0.5) is 0 Å². The number of hydrogen-bond donors (Lipinski definition) is 1. The number of nitriles is 1. The zero-order chi connectivity index (χ0) is 14.1. The third-order valence-electron chi connectivity index (χ3n) is 3.42. The lowest BCUT2D eigenvalue weighted by molar-refractivity contribution is 0.0695. The molecule has 1 N–H and O–H groups in total. The standard InChI is InChI=1S/C16H13NO3/c1-19-13-7-4-8-14-15(13)10-5-2-3-6-11(10)16(20-14)12(18)9-17/h2-8,12,16,18H,1H3. The first kappa shape index (κ1) is 12.5. The number of benzene rings is 2. The van der Waals surface area contributed by atoms with Crippen LogP contribution in [-0.4, -0.2) is 18.3 Å². The lowest BCUT2D eigenvalue weighted by atomic mass is 9.90. The molecule has 0 fully saturated rings. The van der Waals surface area contributed by atoms with E-state index in [1.807, 2.05) is 48.5 Å². The second-order valence-corrected chi connectivity index (χ2v) is 4.53. The van der Waals surface area contributed by atoms with E-state index >= 15 is 0 Å². The zero-order valence-electron chi connectivity index (χ0n) is 10.9. The molecule has 1 heterocycles. The van der Waals surface area contributed by atoms with Crippen molar-refractivity contribution in [1.29, 1.82) is 5.26 Å². The summed E-state index contributed by atoms with van der Waals surface area (Å²) in [4.78, 5) is 0. The Morgan fingerprint density at radius 1 is 1.25 bits per heavy atom. The van der Waals surface area contributed by atoms with Gasteiger partial charge in [0.2, 0.25) is 0 Å². The molecule has 3 rings (SSSR count). The zero-order valence-corrected chi connectivity index (χ0v) is 10.9. The van der Waals surface area contributed by atoms with Crippen molar-refractivity contribution >= 4 is 0 Å². The first-order chi connectivity index (χ1) is 9.76. The van der Waals surface area contributed by atoms with Crippen molar-refractivity contribution in [3.8, 4) is 28.7 Å². The predicted molar refractivity (Wildman–Crippen MR) is 73.4 cm³/mol. The van der Waals surface area contributed by atoms with Gasteiger partial charge in [-0.1, -0.05) is 30.3 Å². The van der Waals surface area contributed by atoms with Gasteiger partial charge >= 0.3 is 0 Å². The van der Waals surface area contributed by atoms with Crippen molar-refractivity contribution in [2.45, 2.75) is 12.2 Å². The van der Waals surface area contributed by atoms with Gasteiger partial charge in [0.1, 0.15) is 11.5 Å². The summed E-state index contributed by atoms with van der Waals surface area (Å²) in [7, 11) is 1.61. The van der Waals surface area contributed by atoms with Crippen LogP contribution in [0.5, 0.6) is 11.5 Å². The van der Waals surface area contributed by atoms with E-state index < -0.39 is 12.2 Å². The quantitative estimate of drug-likeness (QED) is 0.850. The molecule has 0 aliphatic carbocycles. The van der Waals surface area contributed by atoms with Gasteiger partial charge in [-0.15, -0.1) is 0 Å². The van der Waals surface area contributed by atoms with Crippen LogP contribution in [-0.2, 0) is 0 Å². The van der Waals surface area contributed by atoms with Crippen molar-refractivity contribution in [3.05, 3.63) is 48.0 Å². The van der Waals surface area contributed by atoms with E-state index in [9.17, 15) is 5.11 Å². The molecule has 2 aromatic carbocycles. The van der Waals surface area contributed by atoms with Crippen LogP contribution in [0, 0.1) is 11.3 Å². The van der Waals surface area contributed by atoms with Gasteiger partial charge in [-0.05, 0) is 17.7 Å². The summed E-state index contributed by atoms with van der Waals surface area (Å²) >= 11 is 0. The lowest BCUT2D eigenvalue weighted by Crippen LogP contribution is -2.25. The number of hydrogen-bond acceptors (Lipinski definition) is 4. The van der Waals surface area contributed by atoms with E-state index in [-0.39, 0.29) is 0 Å². The number of nitrogens with zero attached hydrogens (tertiary/aromatic N) is 1. The highest BCUT2D eigenvalue weighted by molar-refractivity contribution is 5.81. The molecule has 1 aliphatic rings. The van der Waals surface area contributed by atoms with Crippen molar-refractivity contribution in [1.82, 2.24) is 0 Å². The first-order valence-electron chi connectivity index (χ1n) is 6.27. The van der Waals surface area contributed by atoms with E-state index in [0.29, 0.717) is 11.5 Å². The fourth-order valence-electron chi connectivity index (χ4n) is 2.52. The van der Waals surface area contributed by atoms with E-state index in [1.54, 1.807) is 7.11 Å². The fourth-order valence-corrected chi connectivity index (χ4v) is 2.52. The number of methoxy groups -OCH3 is 1. The average Bonchev–Trinajstić information content (AvgIpc) is 2.52. The minimum absolute atomic E-state index is 0.613. The smallest absolute Gasteiger partial charge is 0.181 e. The molecule has 4 heteroatoms. The Bertz CT molecular complexity index is 690. The summed E-state index contributed by atoms with van der Waals surface area (Å²) in [6.07, 6.45) is -1.90. The summed E-state index contributed by atoms with van der Waals surface area (Å²) in [5.74, 6) is 1.32. The lowest BCUT2D eigenvalue weighted by Gasteiger charge is -2.30. The molecule has 4 nitrogen and oxygen atoms in total. The maximum absolute atomic E-state index is 9.86. The third-order valence-corrected chi connectivity index (χ3v) is 3.42. The second-order valence-electron chi connectivity index (χ2n) is 4.53. The van der Waals surface area contributed by atoms with Crippen LogP contribution in [0.25, 0.3) is 11.1 Å². The van der Waals surface area contributed by atoms with E-state index in [4.69, 9.17) is 14.7 Å². The molecule has 20 heavy (non-hydrogen) atoms. The summed E-state index contributed by atoms with van der Waals surface area (Å²) in [5, 5.41) is 18.8. The predicted octanol–water partition coefficient (Wildman–Crippen LogP) is 2.68. The van der Waals surface area contributed by atoms with Gasteiger partial charge < -0.3 is 14.6 Å². The molecular weight excluding hydrogens is 254 g/mol. The number of ether oxygens (including phenoxy) is 2. The molecule has 2 unspecified atom stereocenters. The van der Waals surface area contributed by atoms with Gasteiger partial charge in [0, 0.05) is 5.56 Å². The number of aliphatic hydroxyl groups is 1. The third kappa shape index (κ3) is 1.80. The van der Waals surface area contributed by atoms with Crippen molar-refractivity contribution in [2.24, 2.45) is 0 Å².